The van der Waals surface area contributed by atoms with Crippen LogP contribution in [0.3, 0.4) is 0 Å². The van der Waals surface area contributed by atoms with Crippen LogP contribution in [0.25, 0.3) is 0 Å². The number of non-ortho nitro benzene ring substituents is 2. The average Bonchev–Trinajstić information content (AvgIpc) is 3.49. The number of benzene rings is 5. The van der Waals surface area contributed by atoms with E-state index in [1.807, 2.05) is 0 Å². The molecule has 0 radical (unpaired) electrons. The summed E-state index contributed by atoms with van der Waals surface area (Å²) in [5.41, 5.74) is 0.0795. The predicted octanol–water partition coefficient (Wildman–Crippen LogP) is 6.69. The van der Waals surface area contributed by atoms with E-state index in [4.69, 9.17) is 9.47 Å². The van der Waals surface area contributed by atoms with Crippen molar-refractivity contribution >= 4 is 46.4 Å². The SMILES string of the molecule is O=C1c2ccc([N+](=O)[O-])cc2C(=O)N1c1ccc(Oc2ccc(Oc3ccc(N4C(=O)c5ccc([N+](=O)[O-])cc5C4=O)cc3)cc2)cc1. The lowest BCUT2D eigenvalue weighted by atomic mass is 10.1. The summed E-state index contributed by atoms with van der Waals surface area (Å²) in [6.07, 6.45) is 0. The molecule has 0 saturated heterocycles. The van der Waals surface area contributed by atoms with E-state index in [0.717, 1.165) is 21.9 Å². The fourth-order valence-electron chi connectivity index (χ4n) is 5.33. The number of amides is 4. The summed E-state index contributed by atoms with van der Waals surface area (Å²) in [4.78, 5) is 74.3. The lowest BCUT2D eigenvalue weighted by Crippen LogP contribution is -2.29. The summed E-state index contributed by atoms with van der Waals surface area (Å²) < 4.78 is 11.7. The molecule has 234 valence electrons. The molecule has 0 unspecified atom stereocenters. The number of nitro benzene ring substituents is 2. The Morgan fingerprint density at radius 3 is 1.02 bits per heavy atom. The number of ether oxygens (including phenoxy) is 2. The number of fused-ring (bicyclic) bond motifs is 2. The maximum atomic E-state index is 12.9. The number of carbonyl (C=O) groups excluding carboxylic acids is 4. The summed E-state index contributed by atoms with van der Waals surface area (Å²) in [5, 5.41) is 22.2. The highest BCUT2D eigenvalue weighted by atomic mass is 16.6. The fraction of sp³-hybridized carbons (Fsp3) is 0. The molecular weight excluding hydrogens is 624 g/mol. The number of hydrogen-bond donors (Lipinski definition) is 0. The van der Waals surface area contributed by atoms with Gasteiger partial charge in [0.05, 0.1) is 43.5 Å². The smallest absolute Gasteiger partial charge is 0.270 e. The zero-order valence-electron chi connectivity index (χ0n) is 24.3. The molecule has 48 heavy (non-hydrogen) atoms. The van der Waals surface area contributed by atoms with E-state index in [-0.39, 0.29) is 45.0 Å². The topological polar surface area (TPSA) is 180 Å². The van der Waals surface area contributed by atoms with Crippen LogP contribution in [0.4, 0.5) is 22.7 Å². The molecule has 4 amide bonds. The Balaban J connectivity index is 0.985. The van der Waals surface area contributed by atoms with Crippen molar-refractivity contribution in [3.63, 3.8) is 0 Å². The summed E-state index contributed by atoms with van der Waals surface area (Å²) in [6, 6.07) is 26.1. The third-order valence-electron chi connectivity index (χ3n) is 7.65. The highest BCUT2D eigenvalue weighted by Crippen LogP contribution is 2.35. The first-order valence-corrected chi connectivity index (χ1v) is 14.1. The molecule has 7 rings (SSSR count). The van der Waals surface area contributed by atoms with Gasteiger partial charge in [0.1, 0.15) is 23.0 Å². The molecule has 14 heteroatoms. The number of nitro groups is 2. The Labute approximate surface area is 269 Å². The molecule has 0 atom stereocenters. The molecule has 0 aliphatic carbocycles. The maximum absolute atomic E-state index is 12.9. The number of hydrogen-bond acceptors (Lipinski definition) is 10. The third kappa shape index (κ3) is 5.04. The molecule has 0 bridgehead atoms. The van der Waals surface area contributed by atoms with Crippen molar-refractivity contribution in [1.82, 2.24) is 0 Å². The van der Waals surface area contributed by atoms with Gasteiger partial charge in [-0.3, -0.25) is 39.4 Å². The molecule has 0 saturated carbocycles. The molecule has 2 aliphatic heterocycles. The number of rotatable bonds is 8. The minimum Gasteiger partial charge on any atom is -0.457 e. The minimum atomic E-state index is -0.658. The van der Waals surface area contributed by atoms with E-state index in [1.54, 1.807) is 48.5 Å². The molecule has 14 nitrogen and oxygen atoms in total. The van der Waals surface area contributed by atoms with Gasteiger partial charge in [-0.25, -0.2) is 9.80 Å². The zero-order chi connectivity index (χ0) is 33.7. The van der Waals surface area contributed by atoms with Crippen LogP contribution in [0.1, 0.15) is 41.4 Å². The molecular formula is C34H18N4O10. The Kier molecular flexibility index (Phi) is 6.94. The van der Waals surface area contributed by atoms with Gasteiger partial charge in [-0.15, -0.1) is 0 Å². The van der Waals surface area contributed by atoms with Crippen molar-refractivity contribution < 1.29 is 38.5 Å². The lowest BCUT2D eigenvalue weighted by Gasteiger charge is -2.15. The van der Waals surface area contributed by atoms with Crippen molar-refractivity contribution in [3.05, 3.63) is 152 Å². The molecule has 0 aromatic heterocycles. The highest BCUT2D eigenvalue weighted by molar-refractivity contribution is 6.35. The number of nitrogens with zero attached hydrogens (tertiary/aromatic N) is 4. The first-order chi connectivity index (χ1) is 23.1. The number of carbonyl (C=O) groups is 4. The Bertz CT molecular complexity index is 2060. The zero-order valence-corrected chi connectivity index (χ0v) is 24.3. The second-order valence-corrected chi connectivity index (χ2v) is 10.5. The standard InChI is InChI=1S/C34H18N4O10/c39-31-27-15-5-21(37(43)44)17-29(27)33(41)35(31)19-1-7-23(8-2-19)47-25-11-13-26(14-12-25)48-24-9-3-20(4-10-24)36-32(40)28-16-6-22(38(45)46)18-30(28)34(36)42/h1-18H. The van der Waals surface area contributed by atoms with E-state index in [2.05, 4.69) is 0 Å². The molecule has 5 aromatic rings. The summed E-state index contributed by atoms with van der Waals surface area (Å²) >= 11 is 0. The summed E-state index contributed by atoms with van der Waals surface area (Å²) in [6.45, 7) is 0. The van der Waals surface area contributed by atoms with Crippen molar-refractivity contribution in [3.8, 4) is 23.0 Å². The van der Waals surface area contributed by atoms with Gasteiger partial charge in [0.15, 0.2) is 0 Å². The van der Waals surface area contributed by atoms with Crippen LogP contribution in [-0.4, -0.2) is 33.5 Å². The highest BCUT2D eigenvalue weighted by Gasteiger charge is 2.39. The normalized spacial score (nSPS) is 13.4. The van der Waals surface area contributed by atoms with E-state index in [0.29, 0.717) is 23.0 Å². The monoisotopic (exact) mass is 642 g/mol. The molecule has 0 N–H and O–H groups in total. The van der Waals surface area contributed by atoms with Crippen molar-refractivity contribution in [2.24, 2.45) is 0 Å². The van der Waals surface area contributed by atoms with Gasteiger partial charge in [-0.1, -0.05) is 0 Å². The molecule has 5 aromatic carbocycles. The number of anilines is 2. The molecule has 0 spiro atoms. The van der Waals surface area contributed by atoms with E-state index < -0.39 is 33.5 Å². The first-order valence-electron chi connectivity index (χ1n) is 14.1. The third-order valence-corrected chi connectivity index (χ3v) is 7.65. The quantitative estimate of drug-likeness (QED) is 0.101. The van der Waals surface area contributed by atoms with Gasteiger partial charge in [-0.2, -0.15) is 0 Å². The summed E-state index contributed by atoms with van der Waals surface area (Å²) in [7, 11) is 0. The Morgan fingerprint density at radius 1 is 0.417 bits per heavy atom. The van der Waals surface area contributed by atoms with Crippen LogP contribution < -0.4 is 19.3 Å². The van der Waals surface area contributed by atoms with Crippen LogP contribution in [-0.2, 0) is 0 Å². The Morgan fingerprint density at radius 2 is 0.708 bits per heavy atom. The second-order valence-electron chi connectivity index (χ2n) is 10.5. The predicted molar refractivity (Wildman–Crippen MR) is 168 cm³/mol. The van der Waals surface area contributed by atoms with Crippen LogP contribution in [0, 0.1) is 20.2 Å². The van der Waals surface area contributed by atoms with Crippen molar-refractivity contribution in [2.45, 2.75) is 0 Å². The average molecular weight is 643 g/mol. The van der Waals surface area contributed by atoms with E-state index >= 15 is 0 Å². The Hall–Kier alpha value is -7.22. The van der Waals surface area contributed by atoms with Crippen LogP contribution >= 0.6 is 0 Å². The first kappa shape index (κ1) is 29.5. The van der Waals surface area contributed by atoms with Crippen molar-refractivity contribution in [2.75, 3.05) is 9.80 Å². The molecule has 2 aliphatic rings. The van der Waals surface area contributed by atoms with E-state index in [9.17, 15) is 39.4 Å². The van der Waals surface area contributed by atoms with Crippen LogP contribution in [0.5, 0.6) is 23.0 Å². The maximum Gasteiger partial charge on any atom is 0.270 e. The van der Waals surface area contributed by atoms with Crippen LogP contribution in [0.15, 0.2) is 109 Å². The van der Waals surface area contributed by atoms with Gasteiger partial charge in [0.2, 0.25) is 0 Å². The number of imide groups is 2. The van der Waals surface area contributed by atoms with Gasteiger partial charge in [0, 0.05) is 24.3 Å². The largest absolute Gasteiger partial charge is 0.457 e. The molecule has 0 fully saturated rings. The fourth-order valence-corrected chi connectivity index (χ4v) is 5.33. The van der Waals surface area contributed by atoms with Gasteiger partial charge >= 0.3 is 0 Å². The van der Waals surface area contributed by atoms with Gasteiger partial charge in [-0.05, 0) is 84.9 Å². The lowest BCUT2D eigenvalue weighted by molar-refractivity contribution is -0.385. The van der Waals surface area contributed by atoms with E-state index in [1.165, 1.54) is 48.5 Å². The van der Waals surface area contributed by atoms with Gasteiger partial charge < -0.3 is 9.47 Å². The second kappa shape index (κ2) is 11.3. The van der Waals surface area contributed by atoms with Crippen molar-refractivity contribution in [1.29, 1.82) is 0 Å². The minimum absolute atomic E-state index is 0.0365. The summed E-state index contributed by atoms with van der Waals surface area (Å²) in [5.74, 6) is -0.727. The molecule has 2 heterocycles. The van der Waals surface area contributed by atoms with Gasteiger partial charge in [0.25, 0.3) is 35.0 Å². The van der Waals surface area contributed by atoms with Crippen LogP contribution in [0.2, 0.25) is 0 Å².